The Balaban J connectivity index is 2.19. The Morgan fingerprint density at radius 2 is 2.25 bits per heavy atom. The molecule has 2 N–H and O–H groups in total. The molecule has 0 aliphatic carbocycles. The van der Waals surface area contributed by atoms with Crippen molar-refractivity contribution in [2.45, 2.75) is 26.3 Å². The Bertz CT molecular complexity index is 407. The minimum atomic E-state index is -0.0725. The van der Waals surface area contributed by atoms with Crippen LogP contribution in [0.25, 0.3) is 0 Å². The molecule has 0 aromatic carbocycles. The maximum absolute atomic E-state index is 12.1. The predicted molar refractivity (Wildman–Crippen MR) is 60.7 cm³/mol. The molecule has 0 bridgehead atoms. The summed E-state index contributed by atoms with van der Waals surface area (Å²) in [7, 11) is 0. The van der Waals surface area contributed by atoms with Crippen LogP contribution in [0.1, 0.15) is 30.8 Å². The quantitative estimate of drug-likeness (QED) is 0.764. The maximum atomic E-state index is 12.1. The van der Waals surface area contributed by atoms with Crippen LogP contribution in [0.15, 0.2) is 12.4 Å². The van der Waals surface area contributed by atoms with Crippen LogP contribution in [0, 0.1) is 5.92 Å². The number of nitrogens with two attached hydrogens (primary N) is 1. The van der Waals surface area contributed by atoms with E-state index in [4.69, 9.17) is 5.73 Å². The molecule has 1 aliphatic rings. The maximum Gasteiger partial charge on any atom is 0.274 e. The fourth-order valence-electron chi connectivity index (χ4n) is 2.21. The number of hydrogen-bond acceptors (Lipinski definition) is 4. The molecule has 16 heavy (non-hydrogen) atoms. The van der Waals surface area contributed by atoms with Crippen LogP contribution in [0.2, 0.25) is 0 Å². The van der Waals surface area contributed by atoms with Crippen molar-refractivity contribution in [1.29, 1.82) is 0 Å². The van der Waals surface area contributed by atoms with Gasteiger partial charge in [0.25, 0.3) is 5.91 Å². The lowest BCUT2D eigenvalue weighted by Gasteiger charge is -2.20. The largest absolute Gasteiger partial charge is 0.382 e. The predicted octanol–water partition coefficient (Wildman–Crippen LogP) is 0.929. The van der Waals surface area contributed by atoms with Gasteiger partial charge in [0.15, 0.2) is 0 Å². The first-order valence-corrected chi connectivity index (χ1v) is 5.46. The number of carbonyl (C=O) groups is 1. The van der Waals surface area contributed by atoms with E-state index in [0.717, 1.165) is 13.0 Å². The molecule has 1 aliphatic heterocycles. The first kappa shape index (κ1) is 10.9. The van der Waals surface area contributed by atoms with Gasteiger partial charge in [-0.25, -0.2) is 4.98 Å². The third-order valence-electron chi connectivity index (χ3n) is 2.92. The number of rotatable bonds is 1. The van der Waals surface area contributed by atoms with Crippen molar-refractivity contribution in [1.82, 2.24) is 14.9 Å². The second-order valence-electron chi connectivity index (χ2n) is 4.48. The molecular weight excluding hydrogens is 204 g/mol. The highest BCUT2D eigenvalue weighted by molar-refractivity contribution is 5.92. The zero-order chi connectivity index (χ0) is 11.7. The summed E-state index contributed by atoms with van der Waals surface area (Å²) in [5.74, 6) is 0.760. The SMILES string of the molecule is CC1CC(C)N(C(=O)c2cncc(N)n2)C1. The highest BCUT2D eigenvalue weighted by Crippen LogP contribution is 2.23. The van der Waals surface area contributed by atoms with Gasteiger partial charge in [-0.1, -0.05) is 6.92 Å². The van der Waals surface area contributed by atoms with Gasteiger partial charge in [0, 0.05) is 12.6 Å². The first-order valence-electron chi connectivity index (χ1n) is 5.46. The van der Waals surface area contributed by atoms with Crippen LogP contribution >= 0.6 is 0 Å². The van der Waals surface area contributed by atoms with Gasteiger partial charge in [-0.15, -0.1) is 0 Å². The summed E-state index contributed by atoms with van der Waals surface area (Å²) < 4.78 is 0. The molecule has 2 unspecified atom stereocenters. The number of hydrogen-bond donors (Lipinski definition) is 1. The van der Waals surface area contributed by atoms with Crippen molar-refractivity contribution < 1.29 is 4.79 Å². The van der Waals surface area contributed by atoms with E-state index < -0.39 is 0 Å². The highest BCUT2D eigenvalue weighted by atomic mass is 16.2. The highest BCUT2D eigenvalue weighted by Gasteiger charge is 2.31. The molecule has 5 heteroatoms. The lowest BCUT2D eigenvalue weighted by atomic mass is 10.1. The van der Waals surface area contributed by atoms with E-state index in [9.17, 15) is 4.79 Å². The minimum Gasteiger partial charge on any atom is -0.382 e. The van der Waals surface area contributed by atoms with E-state index in [1.165, 1.54) is 12.4 Å². The zero-order valence-electron chi connectivity index (χ0n) is 9.55. The van der Waals surface area contributed by atoms with Crippen LogP contribution in [0.3, 0.4) is 0 Å². The molecule has 0 saturated carbocycles. The smallest absolute Gasteiger partial charge is 0.274 e. The third-order valence-corrected chi connectivity index (χ3v) is 2.92. The molecule has 1 aromatic rings. The number of carbonyl (C=O) groups excluding carboxylic acids is 1. The Labute approximate surface area is 94.7 Å². The van der Waals surface area contributed by atoms with Crippen LogP contribution in [-0.4, -0.2) is 33.4 Å². The van der Waals surface area contributed by atoms with Crippen molar-refractivity contribution in [2.75, 3.05) is 12.3 Å². The summed E-state index contributed by atoms with van der Waals surface area (Å²) in [6.45, 7) is 4.99. The number of nitrogen functional groups attached to an aromatic ring is 1. The van der Waals surface area contributed by atoms with Crippen LogP contribution in [-0.2, 0) is 0 Å². The van der Waals surface area contributed by atoms with E-state index in [2.05, 4.69) is 23.8 Å². The molecule has 2 heterocycles. The van der Waals surface area contributed by atoms with E-state index in [0.29, 0.717) is 11.6 Å². The number of likely N-dealkylation sites (tertiary alicyclic amines) is 1. The molecule has 1 saturated heterocycles. The second kappa shape index (κ2) is 4.08. The van der Waals surface area contributed by atoms with Gasteiger partial charge in [0.2, 0.25) is 0 Å². The van der Waals surface area contributed by atoms with E-state index >= 15 is 0 Å². The fraction of sp³-hybridized carbons (Fsp3) is 0.545. The average Bonchev–Trinajstić information content (AvgIpc) is 2.57. The summed E-state index contributed by atoms with van der Waals surface area (Å²) in [6, 6.07) is 0.269. The van der Waals surface area contributed by atoms with Crippen molar-refractivity contribution in [3.63, 3.8) is 0 Å². The molecule has 2 atom stereocenters. The van der Waals surface area contributed by atoms with Crippen LogP contribution < -0.4 is 5.73 Å². The summed E-state index contributed by atoms with van der Waals surface area (Å²) in [4.78, 5) is 21.9. The molecule has 0 spiro atoms. The minimum absolute atomic E-state index is 0.0725. The van der Waals surface area contributed by atoms with Gasteiger partial charge in [-0.05, 0) is 19.3 Å². The van der Waals surface area contributed by atoms with Crippen LogP contribution in [0.4, 0.5) is 5.82 Å². The van der Waals surface area contributed by atoms with Gasteiger partial charge in [-0.3, -0.25) is 9.78 Å². The number of anilines is 1. The Hall–Kier alpha value is -1.65. The van der Waals surface area contributed by atoms with Crippen molar-refractivity contribution in [3.05, 3.63) is 18.1 Å². The Morgan fingerprint density at radius 3 is 2.81 bits per heavy atom. The lowest BCUT2D eigenvalue weighted by Crippen LogP contribution is -2.34. The van der Waals surface area contributed by atoms with Gasteiger partial charge in [0.1, 0.15) is 11.5 Å². The fourth-order valence-corrected chi connectivity index (χ4v) is 2.21. The summed E-state index contributed by atoms with van der Waals surface area (Å²) in [6.07, 6.45) is 3.95. The molecule has 86 valence electrons. The van der Waals surface area contributed by atoms with E-state index in [1.807, 2.05) is 4.90 Å². The molecule has 1 aromatic heterocycles. The van der Waals surface area contributed by atoms with Crippen LogP contribution in [0.5, 0.6) is 0 Å². The Kier molecular flexibility index (Phi) is 2.77. The number of nitrogens with zero attached hydrogens (tertiary/aromatic N) is 3. The van der Waals surface area contributed by atoms with Crippen molar-refractivity contribution in [2.24, 2.45) is 5.92 Å². The van der Waals surface area contributed by atoms with E-state index in [1.54, 1.807) is 0 Å². The molecular formula is C11H16N4O. The summed E-state index contributed by atoms with van der Waals surface area (Å²) in [5, 5.41) is 0. The average molecular weight is 220 g/mol. The second-order valence-corrected chi connectivity index (χ2v) is 4.48. The third kappa shape index (κ3) is 1.98. The van der Waals surface area contributed by atoms with Gasteiger partial charge in [0.05, 0.1) is 12.4 Å². The number of aromatic nitrogens is 2. The van der Waals surface area contributed by atoms with Crippen molar-refractivity contribution >= 4 is 11.7 Å². The van der Waals surface area contributed by atoms with E-state index in [-0.39, 0.29) is 17.8 Å². The summed E-state index contributed by atoms with van der Waals surface area (Å²) >= 11 is 0. The first-order chi connectivity index (χ1) is 7.58. The van der Waals surface area contributed by atoms with Gasteiger partial charge in [-0.2, -0.15) is 0 Å². The normalized spacial score (nSPS) is 24.8. The van der Waals surface area contributed by atoms with Crippen molar-refractivity contribution in [3.8, 4) is 0 Å². The molecule has 0 radical (unpaired) electrons. The lowest BCUT2D eigenvalue weighted by molar-refractivity contribution is 0.0737. The monoisotopic (exact) mass is 220 g/mol. The van der Waals surface area contributed by atoms with Gasteiger partial charge < -0.3 is 10.6 Å². The molecule has 5 nitrogen and oxygen atoms in total. The zero-order valence-corrected chi connectivity index (χ0v) is 9.55. The number of amides is 1. The molecule has 2 rings (SSSR count). The molecule has 1 amide bonds. The topological polar surface area (TPSA) is 72.1 Å². The standard InChI is InChI=1S/C11H16N4O/c1-7-3-8(2)15(6-7)11(16)9-4-13-5-10(12)14-9/h4-5,7-8H,3,6H2,1-2H3,(H2,12,14). The van der Waals surface area contributed by atoms with Gasteiger partial charge >= 0.3 is 0 Å². The summed E-state index contributed by atoms with van der Waals surface area (Å²) in [5.41, 5.74) is 5.85. The molecule has 1 fully saturated rings. The Morgan fingerprint density at radius 1 is 1.50 bits per heavy atom.